The van der Waals surface area contributed by atoms with Gasteiger partial charge in [0.15, 0.2) is 0 Å². The van der Waals surface area contributed by atoms with E-state index in [1.807, 2.05) is 24.3 Å². The number of benzene rings is 2. The molecule has 0 radical (unpaired) electrons. The smallest absolute Gasteiger partial charge is 0.252 e. The first-order valence-electron chi connectivity index (χ1n) is 11.6. The summed E-state index contributed by atoms with van der Waals surface area (Å²) in [4.78, 5) is 15.3. The zero-order valence-electron chi connectivity index (χ0n) is 18.7. The molecular weight excluding hydrogens is 423 g/mol. The average Bonchev–Trinajstić information content (AvgIpc) is 3.26. The minimum Gasteiger partial charge on any atom is -0.496 e. The summed E-state index contributed by atoms with van der Waals surface area (Å²) in [7, 11) is 1.55. The summed E-state index contributed by atoms with van der Waals surface area (Å²) in [5.74, 6) is 0.231. The van der Waals surface area contributed by atoms with Crippen LogP contribution in [-0.2, 0) is 0 Å². The maximum absolute atomic E-state index is 14.6. The molecule has 0 saturated carbocycles. The van der Waals surface area contributed by atoms with E-state index in [0.29, 0.717) is 29.8 Å². The molecule has 3 aliphatic heterocycles. The van der Waals surface area contributed by atoms with Gasteiger partial charge in [-0.3, -0.25) is 10.2 Å². The Morgan fingerprint density at radius 2 is 1.91 bits per heavy atom. The number of rotatable bonds is 5. The Hall–Kier alpha value is -2.72. The van der Waals surface area contributed by atoms with Gasteiger partial charge in [-0.2, -0.15) is 0 Å². The van der Waals surface area contributed by atoms with Crippen molar-refractivity contribution >= 4 is 11.6 Å². The molecule has 2 aromatic rings. The van der Waals surface area contributed by atoms with Gasteiger partial charge in [0.05, 0.1) is 13.3 Å². The molecule has 0 aromatic heterocycles. The molecule has 9 heteroatoms. The Labute approximate surface area is 193 Å². The molecule has 3 fully saturated rings. The van der Waals surface area contributed by atoms with Gasteiger partial charge in [-0.05, 0) is 42.8 Å². The van der Waals surface area contributed by atoms with E-state index in [1.54, 1.807) is 19.2 Å². The maximum Gasteiger partial charge on any atom is 0.252 e. The molecule has 176 valence electrons. The summed E-state index contributed by atoms with van der Waals surface area (Å²) in [6.07, 6.45) is 0.409. The molecule has 3 saturated heterocycles. The molecule has 4 atom stereocenters. The lowest BCUT2D eigenvalue weighted by Gasteiger charge is -2.35. The van der Waals surface area contributed by atoms with Crippen LogP contribution in [0.5, 0.6) is 5.75 Å². The predicted molar refractivity (Wildman–Crippen MR) is 125 cm³/mol. The summed E-state index contributed by atoms with van der Waals surface area (Å²) in [5.41, 5.74) is 8.78. The van der Waals surface area contributed by atoms with Crippen LogP contribution in [0.15, 0.2) is 42.5 Å². The largest absolute Gasteiger partial charge is 0.496 e. The van der Waals surface area contributed by atoms with Crippen molar-refractivity contribution < 1.29 is 13.9 Å². The first kappa shape index (κ1) is 22.1. The van der Waals surface area contributed by atoms with Gasteiger partial charge in [0.25, 0.3) is 5.91 Å². The third-order valence-electron chi connectivity index (χ3n) is 6.94. The Morgan fingerprint density at radius 3 is 2.67 bits per heavy atom. The molecule has 5 N–H and O–H groups in total. The molecule has 3 aliphatic rings. The Morgan fingerprint density at radius 1 is 1.12 bits per heavy atom. The molecule has 0 aliphatic carbocycles. The van der Waals surface area contributed by atoms with Gasteiger partial charge in [0, 0.05) is 67.5 Å². The summed E-state index contributed by atoms with van der Waals surface area (Å²) in [5, 5.41) is 9.89. The Kier molecular flexibility index (Phi) is 6.45. The average molecular weight is 455 g/mol. The van der Waals surface area contributed by atoms with E-state index < -0.39 is 0 Å². The molecule has 3 heterocycles. The van der Waals surface area contributed by atoms with E-state index >= 15 is 0 Å². The normalized spacial score (nSPS) is 27.2. The van der Waals surface area contributed by atoms with Crippen molar-refractivity contribution in [2.45, 2.75) is 24.7 Å². The van der Waals surface area contributed by atoms with Crippen LogP contribution >= 0.6 is 0 Å². The van der Waals surface area contributed by atoms with Crippen molar-refractivity contribution in [3.63, 3.8) is 0 Å². The number of methoxy groups -OCH3 is 1. The first-order chi connectivity index (χ1) is 16.1. The number of halogens is 1. The minimum atomic E-state index is -0.283. The molecular formula is C24H31FN6O2. The van der Waals surface area contributed by atoms with Crippen molar-refractivity contribution in [3.8, 4) is 5.75 Å². The highest BCUT2D eigenvalue weighted by Gasteiger charge is 2.42. The molecule has 1 amide bonds. The number of anilines is 1. The number of carbonyl (C=O) groups excluding carboxylic acids is 1. The van der Waals surface area contributed by atoms with E-state index in [4.69, 9.17) is 4.74 Å². The van der Waals surface area contributed by atoms with Crippen LogP contribution in [-0.4, -0.2) is 57.9 Å². The van der Waals surface area contributed by atoms with Crippen LogP contribution in [0.3, 0.4) is 0 Å². The number of piperidine rings is 1. The third-order valence-corrected chi connectivity index (χ3v) is 6.94. The highest BCUT2D eigenvalue weighted by molar-refractivity contribution is 5.94. The van der Waals surface area contributed by atoms with Gasteiger partial charge >= 0.3 is 0 Å². The number of piperazine rings is 1. The monoisotopic (exact) mass is 454 g/mol. The second kappa shape index (κ2) is 9.64. The lowest BCUT2D eigenvalue weighted by atomic mass is 9.84. The number of hydrogen-bond donors (Lipinski definition) is 5. The van der Waals surface area contributed by atoms with E-state index in [1.165, 1.54) is 6.07 Å². The van der Waals surface area contributed by atoms with Crippen LogP contribution < -0.4 is 36.4 Å². The van der Waals surface area contributed by atoms with Crippen LogP contribution in [0.25, 0.3) is 0 Å². The molecule has 0 spiro atoms. The lowest BCUT2D eigenvalue weighted by Crippen LogP contribution is -2.49. The van der Waals surface area contributed by atoms with Crippen molar-refractivity contribution in [2.75, 3.05) is 44.7 Å². The lowest BCUT2D eigenvalue weighted by molar-refractivity contribution is 0.0913. The number of fused-ring (bicyclic) bond motifs is 1. The standard InChI is InChI=1S/C24H31FN6O2/c1-33-21-4-2-3-18(25)22(21)19-13-17-20(14-27-19)29-30-23(17)28-24(32)15-5-7-16(8-6-15)31-11-9-26-10-12-31/h2-8,17,19-20,23,26-27,29-30H,9-14H2,1H3,(H,28,32). The van der Waals surface area contributed by atoms with Gasteiger partial charge in [0.2, 0.25) is 0 Å². The van der Waals surface area contributed by atoms with E-state index in [9.17, 15) is 9.18 Å². The first-order valence-corrected chi connectivity index (χ1v) is 11.6. The number of ether oxygens (including phenoxy) is 1. The summed E-state index contributed by atoms with van der Waals surface area (Å²) in [6.45, 7) is 4.54. The second-order valence-corrected chi connectivity index (χ2v) is 8.85. The fraction of sp³-hybridized carbons (Fsp3) is 0.458. The number of nitrogens with one attached hydrogen (secondary N) is 5. The summed E-state index contributed by atoms with van der Waals surface area (Å²) in [6, 6.07) is 12.6. The van der Waals surface area contributed by atoms with Gasteiger partial charge in [-0.15, -0.1) is 0 Å². The molecule has 33 heavy (non-hydrogen) atoms. The van der Waals surface area contributed by atoms with Crippen molar-refractivity contribution in [2.24, 2.45) is 5.92 Å². The van der Waals surface area contributed by atoms with Crippen molar-refractivity contribution in [1.29, 1.82) is 0 Å². The Bertz CT molecular complexity index is 981. The number of carbonyl (C=O) groups is 1. The SMILES string of the molecule is COc1cccc(F)c1C1CC2C(CN1)NNC2NC(=O)c1ccc(N2CCNCC2)cc1. The zero-order valence-corrected chi connectivity index (χ0v) is 18.7. The third kappa shape index (κ3) is 4.54. The maximum atomic E-state index is 14.6. The molecule has 2 aromatic carbocycles. The zero-order chi connectivity index (χ0) is 22.8. The number of hydrazine groups is 1. The number of amides is 1. The van der Waals surface area contributed by atoms with Crippen LogP contribution in [0.1, 0.15) is 28.4 Å². The topological polar surface area (TPSA) is 89.7 Å². The van der Waals surface area contributed by atoms with Gasteiger partial charge in [0.1, 0.15) is 11.6 Å². The highest BCUT2D eigenvalue weighted by Crippen LogP contribution is 2.36. The van der Waals surface area contributed by atoms with Crippen molar-refractivity contribution in [1.82, 2.24) is 26.8 Å². The minimum absolute atomic E-state index is 0.102. The molecule has 0 bridgehead atoms. The van der Waals surface area contributed by atoms with Crippen molar-refractivity contribution in [3.05, 3.63) is 59.4 Å². The second-order valence-electron chi connectivity index (χ2n) is 8.85. The van der Waals surface area contributed by atoms with Crippen LogP contribution in [0.4, 0.5) is 10.1 Å². The number of nitrogens with zero attached hydrogens (tertiary/aromatic N) is 1. The van der Waals surface area contributed by atoms with E-state index in [2.05, 4.69) is 31.7 Å². The van der Waals surface area contributed by atoms with Crippen LogP contribution in [0.2, 0.25) is 0 Å². The summed E-state index contributed by atoms with van der Waals surface area (Å²) < 4.78 is 20.0. The van der Waals surface area contributed by atoms with E-state index in [-0.39, 0.29) is 35.9 Å². The Balaban J connectivity index is 1.25. The van der Waals surface area contributed by atoms with Gasteiger partial charge in [-0.25, -0.2) is 9.82 Å². The predicted octanol–water partition coefficient (Wildman–Crippen LogP) is 1.13. The van der Waals surface area contributed by atoms with E-state index in [0.717, 1.165) is 31.9 Å². The number of hydrogen-bond acceptors (Lipinski definition) is 7. The summed E-state index contributed by atoms with van der Waals surface area (Å²) >= 11 is 0. The molecule has 5 rings (SSSR count). The van der Waals surface area contributed by atoms with Crippen LogP contribution in [0, 0.1) is 11.7 Å². The highest BCUT2D eigenvalue weighted by atomic mass is 19.1. The fourth-order valence-corrected chi connectivity index (χ4v) is 5.14. The molecule has 8 nitrogen and oxygen atoms in total. The fourth-order valence-electron chi connectivity index (χ4n) is 5.14. The molecule has 4 unspecified atom stereocenters. The quantitative estimate of drug-likeness (QED) is 0.463. The van der Waals surface area contributed by atoms with Gasteiger partial charge in [-0.1, -0.05) is 6.07 Å². The van der Waals surface area contributed by atoms with Gasteiger partial charge < -0.3 is 25.6 Å².